The van der Waals surface area contributed by atoms with Crippen molar-refractivity contribution in [3.8, 4) is 0 Å². The zero-order chi connectivity index (χ0) is 20.6. The monoisotopic (exact) mass is 403 g/mol. The van der Waals surface area contributed by atoms with Gasteiger partial charge in [-0.1, -0.05) is 11.6 Å². The number of hydrogen-bond donors (Lipinski definition) is 1. The van der Waals surface area contributed by atoms with Crippen LogP contribution in [0.4, 0.5) is 0 Å². The van der Waals surface area contributed by atoms with Crippen LogP contribution in [0.3, 0.4) is 0 Å². The molecule has 28 heavy (non-hydrogen) atoms. The summed E-state index contributed by atoms with van der Waals surface area (Å²) in [6.45, 7) is 3.33. The average Bonchev–Trinajstić information content (AvgIpc) is 2.67. The van der Waals surface area contributed by atoms with Crippen LogP contribution < -0.4 is 10.7 Å². The van der Waals surface area contributed by atoms with Crippen LogP contribution in [-0.2, 0) is 19.1 Å². The topological polar surface area (TPSA) is 94.8 Å². The fourth-order valence-corrected chi connectivity index (χ4v) is 3.56. The van der Waals surface area contributed by atoms with Gasteiger partial charge in [0.1, 0.15) is 5.58 Å². The first-order valence-corrected chi connectivity index (χ1v) is 8.74. The lowest BCUT2D eigenvalue weighted by Gasteiger charge is -2.29. The summed E-state index contributed by atoms with van der Waals surface area (Å²) in [6, 6.07) is 4.66. The molecule has 0 saturated heterocycles. The van der Waals surface area contributed by atoms with Crippen molar-refractivity contribution in [3.63, 3.8) is 0 Å². The zero-order valence-corrected chi connectivity index (χ0v) is 16.5. The molecule has 1 aromatic carbocycles. The van der Waals surface area contributed by atoms with Gasteiger partial charge in [-0.3, -0.25) is 4.79 Å². The van der Waals surface area contributed by atoms with Crippen molar-refractivity contribution in [2.24, 2.45) is 0 Å². The third-order valence-electron chi connectivity index (χ3n) is 4.64. The molecule has 146 valence electrons. The van der Waals surface area contributed by atoms with Gasteiger partial charge in [-0.2, -0.15) is 0 Å². The average molecular weight is 404 g/mol. The third-order valence-corrected chi connectivity index (χ3v) is 4.88. The molecule has 0 saturated carbocycles. The standard InChI is InChI=1S/C20H18ClNO6/c1-9-15(19(24)26-3)17(16(10(2)22-9)20(25)27-4)13-8-28-14-6-5-11(21)7-12(14)18(13)23/h5-8,17,22H,1-4H3. The number of nitrogens with one attached hydrogen (secondary N) is 1. The van der Waals surface area contributed by atoms with Crippen LogP contribution in [0.5, 0.6) is 0 Å². The number of fused-ring (bicyclic) bond motifs is 1. The Hall–Kier alpha value is -3.06. The molecule has 8 heteroatoms. The Balaban J connectivity index is 2.35. The maximum atomic E-state index is 13.2. The first-order valence-electron chi connectivity index (χ1n) is 8.36. The molecule has 0 atom stereocenters. The van der Waals surface area contributed by atoms with Crippen LogP contribution in [-0.4, -0.2) is 26.2 Å². The van der Waals surface area contributed by atoms with Gasteiger partial charge in [0.05, 0.1) is 42.9 Å². The molecule has 0 bridgehead atoms. The van der Waals surface area contributed by atoms with E-state index in [1.807, 2.05) is 0 Å². The Labute approximate surface area is 165 Å². The van der Waals surface area contributed by atoms with Crippen molar-refractivity contribution in [1.82, 2.24) is 5.32 Å². The number of benzene rings is 1. The third kappa shape index (κ3) is 3.18. The number of methoxy groups -OCH3 is 2. The highest BCUT2D eigenvalue weighted by Crippen LogP contribution is 2.38. The van der Waals surface area contributed by atoms with Crippen molar-refractivity contribution in [2.45, 2.75) is 19.8 Å². The first kappa shape index (κ1) is 19.7. The molecule has 3 rings (SSSR count). The lowest BCUT2D eigenvalue weighted by atomic mass is 9.80. The Morgan fingerprint density at radius 3 is 2.18 bits per heavy atom. The molecule has 1 aromatic heterocycles. The highest BCUT2D eigenvalue weighted by molar-refractivity contribution is 6.31. The minimum Gasteiger partial charge on any atom is -0.466 e. The summed E-state index contributed by atoms with van der Waals surface area (Å²) in [7, 11) is 2.45. The fourth-order valence-electron chi connectivity index (χ4n) is 3.38. The second-order valence-electron chi connectivity index (χ2n) is 6.28. The molecule has 0 radical (unpaired) electrons. The van der Waals surface area contributed by atoms with E-state index in [0.717, 1.165) is 0 Å². The van der Waals surface area contributed by atoms with Crippen LogP contribution in [0.2, 0.25) is 5.02 Å². The molecule has 0 amide bonds. The van der Waals surface area contributed by atoms with Crippen LogP contribution in [0.15, 0.2) is 56.2 Å². The number of allylic oxidation sites excluding steroid dienone is 2. The van der Waals surface area contributed by atoms with E-state index >= 15 is 0 Å². The summed E-state index contributed by atoms with van der Waals surface area (Å²) in [4.78, 5) is 38.2. The first-order chi connectivity index (χ1) is 13.3. The predicted molar refractivity (Wildman–Crippen MR) is 103 cm³/mol. The Morgan fingerprint density at radius 2 is 1.64 bits per heavy atom. The van der Waals surface area contributed by atoms with Gasteiger partial charge < -0.3 is 19.2 Å². The highest BCUT2D eigenvalue weighted by atomic mass is 35.5. The van der Waals surface area contributed by atoms with Gasteiger partial charge in [0.25, 0.3) is 0 Å². The molecule has 1 aliphatic heterocycles. The van der Waals surface area contributed by atoms with E-state index in [9.17, 15) is 14.4 Å². The van der Waals surface area contributed by atoms with E-state index in [1.165, 1.54) is 26.5 Å². The van der Waals surface area contributed by atoms with Gasteiger partial charge in [-0.15, -0.1) is 0 Å². The molecule has 7 nitrogen and oxygen atoms in total. The predicted octanol–water partition coefficient (Wildman–Crippen LogP) is 3.03. The second-order valence-corrected chi connectivity index (χ2v) is 6.72. The smallest absolute Gasteiger partial charge is 0.336 e. The maximum absolute atomic E-state index is 13.2. The van der Waals surface area contributed by atoms with Gasteiger partial charge in [0.2, 0.25) is 0 Å². The van der Waals surface area contributed by atoms with Gasteiger partial charge in [-0.25, -0.2) is 9.59 Å². The zero-order valence-electron chi connectivity index (χ0n) is 15.7. The fraction of sp³-hybridized carbons (Fsp3) is 0.250. The molecular weight excluding hydrogens is 386 g/mol. The summed E-state index contributed by atoms with van der Waals surface area (Å²) >= 11 is 6.02. The van der Waals surface area contributed by atoms with E-state index in [1.54, 1.807) is 26.0 Å². The summed E-state index contributed by atoms with van der Waals surface area (Å²) in [5.74, 6) is -2.36. The van der Waals surface area contributed by atoms with Gasteiger partial charge in [0, 0.05) is 22.0 Å². The molecule has 0 spiro atoms. The molecule has 2 heterocycles. The number of halogens is 1. The lowest BCUT2D eigenvalue weighted by Crippen LogP contribution is -2.34. The number of esters is 2. The number of carbonyl (C=O) groups is 2. The maximum Gasteiger partial charge on any atom is 0.336 e. The van der Waals surface area contributed by atoms with Gasteiger partial charge >= 0.3 is 11.9 Å². The van der Waals surface area contributed by atoms with E-state index < -0.39 is 23.3 Å². The van der Waals surface area contributed by atoms with Crippen LogP contribution in [0.25, 0.3) is 11.0 Å². The van der Waals surface area contributed by atoms with E-state index in [2.05, 4.69) is 5.32 Å². The van der Waals surface area contributed by atoms with Crippen molar-refractivity contribution in [3.05, 3.63) is 67.8 Å². The van der Waals surface area contributed by atoms with E-state index in [-0.39, 0.29) is 22.1 Å². The minimum atomic E-state index is -1.01. The SMILES string of the molecule is COC(=O)C1=C(C)NC(C)=C(C(=O)OC)C1c1coc2ccc(Cl)cc2c1=O. The number of carbonyl (C=O) groups excluding carboxylic acids is 2. The Bertz CT molecular complexity index is 1070. The van der Waals surface area contributed by atoms with Crippen LogP contribution >= 0.6 is 11.6 Å². The van der Waals surface area contributed by atoms with Crippen LogP contribution in [0.1, 0.15) is 25.3 Å². The summed E-state index contributed by atoms with van der Waals surface area (Å²) in [5.41, 5.74) is 1.23. The van der Waals surface area contributed by atoms with Crippen molar-refractivity contribution < 1.29 is 23.5 Å². The summed E-state index contributed by atoms with van der Waals surface area (Å²) in [5, 5.41) is 3.59. The minimum absolute atomic E-state index is 0.107. The van der Waals surface area contributed by atoms with Crippen molar-refractivity contribution >= 4 is 34.5 Å². The highest BCUT2D eigenvalue weighted by Gasteiger charge is 2.39. The Kier molecular flexibility index (Phi) is 5.29. The number of rotatable bonds is 3. The lowest BCUT2D eigenvalue weighted by molar-refractivity contribution is -0.137. The summed E-state index contributed by atoms with van der Waals surface area (Å²) < 4.78 is 15.4. The number of ether oxygens (including phenoxy) is 2. The van der Waals surface area contributed by atoms with E-state index in [0.29, 0.717) is 22.0 Å². The normalized spacial score (nSPS) is 14.9. The quantitative estimate of drug-likeness (QED) is 0.787. The molecule has 1 N–H and O–H groups in total. The second kappa shape index (κ2) is 7.52. The van der Waals surface area contributed by atoms with Gasteiger partial charge in [-0.05, 0) is 32.0 Å². The molecule has 2 aromatic rings. The Morgan fingerprint density at radius 1 is 1.07 bits per heavy atom. The number of dihydropyridines is 1. The molecule has 1 aliphatic rings. The molecule has 0 unspecified atom stereocenters. The van der Waals surface area contributed by atoms with E-state index in [4.69, 9.17) is 25.5 Å². The largest absolute Gasteiger partial charge is 0.466 e. The summed E-state index contributed by atoms with van der Waals surface area (Å²) in [6.07, 6.45) is 1.25. The molecule has 0 aliphatic carbocycles. The van der Waals surface area contributed by atoms with Crippen molar-refractivity contribution in [2.75, 3.05) is 14.2 Å². The van der Waals surface area contributed by atoms with Gasteiger partial charge in [0.15, 0.2) is 5.43 Å². The van der Waals surface area contributed by atoms with Crippen LogP contribution in [0, 0.1) is 0 Å². The molecular formula is C20H18ClNO6. The van der Waals surface area contributed by atoms with Crippen molar-refractivity contribution in [1.29, 1.82) is 0 Å². The molecule has 0 fully saturated rings. The number of hydrogen-bond acceptors (Lipinski definition) is 7.